The largest absolute Gasteiger partial charge is 0.481 e. The molecule has 1 saturated heterocycles. The fourth-order valence-corrected chi connectivity index (χ4v) is 4.40. The Morgan fingerprint density at radius 2 is 1.84 bits per heavy atom. The molecule has 0 aromatic carbocycles. The van der Waals surface area contributed by atoms with Crippen LogP contribution in [0.1, 0.15) is 60.8 Å². The van der Waals surface area contributed by atoms with Gasteiger partial charge in [-0.2, -0.15) is 0 Å². The molecule has 31 heavy (non-hydrogen) atoms. The molecule has 0 bridgehead atoms. The lowest BCUT2D eigenvalue weighted by molar-refractivity contribution is -0.143. The summed E-state index contributed by atoms with van der Waals surface area (Å²) in [6.07, 6.45) is 7.79. The first-order valence-corrected chi connectivity index (χ1v) is 11.3. The number of aliphatic hydroxyl groups is 2. The van der Waals surface area contributed by atoms with E-state index < -0.39 is 24.3 Å². The van der Waals surface area contributed by atoms with Gasteiger partial charge in [0.1, 0.15) is 0 Å². The van der Waals surface area contributed by atoms with Crippen LogP contribution in [-0.2, 0) is 14.3 Å². The molecule has 1 rings (SSSR count). The number of aliphatic carboxylic acids is 1. The summed E-state index contributed by atoms with van der Waals surface area (Å²) < 4.78 is 11.4. The van der Waals surface area contributed by atoms with Crippen molar-refractivity contribution in [2.75, 3.05) is 7.11 Å². The number of carbonyl (C=O) groups is 1. The summed E-state index contributed by atoms with van der Waals surface area (Å²) in [6, 6.07) is 0. The molecule has 1 aliphatic heterocycles. The average Bonchev–Trinajstić information content (AvgIpc) is 2.68. The Kier molecular flexibility index (Phi) is 11.7. The van der Waals surface area contributed by atoms with Crippen LogP contribution in [0.25, 0.3) is 0 Å². The summed E-state index contributed by atoms with van der Waals surface area (Å²) >= 11 is 0. The Morgan fingerprint density at radius 3 is 2.39 bits per heavy atom. The highest BCUT2D eigenvalue weighted by atomic mass is 16.5. The molecule has 1 aliphatic rings. The minimum atomic E-state index is -0.822. The molecule has 0 radical (unpaired) electrons. The third kappa shape index (κ3) is 8.89. The molecule has 6 heteroatoms. The van der Waals surface area contributed by atoms with Crippen LogP contribution in [0.2, 0.25) is 0 Å². The monoisotopic (exact) mass is 438 g/mol. The average molecular weight is 439 g/mol. The zero-order valence-corrected chi connectivity index (χ0v) is 20.1. The minimum Gasteiger partial charge on any atom is -0.481 e. The summed E-state index contributed by atoms with van der Waals surface area (Å²) in [5.41, 5.74) is 1.93. The molecule has 0 spiro atoms. The molecule has 0 saturated carbocycles. The third-order valence-corrected chi connectivity index (χ3v) is 6.18. The first-order valence-electron chi connectivity index (χ1n) is 11.3. The second kappa shape index (κ2) is 13.2. The number of allylic oxidation sites excluding steroid dienone is 4. The van der Waals surface area contributed by atoms with Crippen molar-refractivity contribution in [2.45, 2.75) is 91.3 Å². The highest BCUT2D eigenvalue weighted by Crippen LogP contribution is 2.30. The molecule has 0 aromatic heterocycles. The number of methoxy groups -OCH3 is 1. The fourth-order valence-electron chi connectivity index (χ4n) is 4.40. The van der Waals surface area contributed by atoms with Crippen LogP contribution < -0.4 is 0 Å². The van der Waals surface area contributed by atoms with E-state index in [9.17, 15) is 15.0 Å². The summed E-state index contributed by atoms with van der Waals surface area (Å²) in [5, 5.41) is 29.5. The standard InChI is InChI=1S/C25H42O6/c1-15(13-18(4)23(29)19(5)25(30-7)20(6)26)9-8-10-16(2)24-17(3)11-12-21(31-24)14-22(27)28/h8-10,13,15,17,19-21,23-26,29H,11-12,14H2,1-7H3,(H,27,28)/b9-8+,16-10+,18-13+/t15?,17-,19?,20?,21+,23-,24+,25?/m0/s1. The van der Waals surface area contributed by atoms with Gasteiger partial charge in [-0.15, -0.1) is 0 Å². The SMILES string of the molecule is COC(C(C)O)C(C)[C@@H](O)/C(C)=C/C(C)/C=C/C=C(\C)[C@H]1O[C@@H](CC(=O)O)CC[C@@H]1C. The zero-order valence-electron chi connectivity index (χ0n) is 20.1. The number of carboxylic acids is 1. The van der Waals surface area contributed by atoms with Crippen molar-refractivity contribution < 1.29 is 29.6 Å². The minimum absolute atomic E-state index is 0.0488. The smallest absolute Gasteiger partial charge is 0.305 e. The van der Waals surface area contributed by atoms with Gasteiger partial charge in [0.25, 0.3) is 0 Å². The molecule has 3 N–H and O–H groups in total. The van der Waals surface area contributed by atoms with E-state index in [2.05, 4.69) is 13.0 Å². The summed E-state index contributed by atoms with van der Waals surface area (Å²) in [7, 11) is 1.54. The number of carboxylic acid groups (broad SMARTS) is 1. The zero-order chi connectivity index (χ0) is 23.7. The molecule has 8 atom stereocenters. The molecule has 0 aliphatic carbocycles. The van der Waals surface area contributed by atoms with Gasteiger partial charge in [0.05, 0.1) is 36.9 Å². The molecule has 1 heterocycles. The summed E-state index contributed by atoms with van der Waals surface area (Å²) in [5.74, 6) is -0.586. The van der Waals surface area contributed by atoms with Crippen LogP contribution in [0.5, 0.6) is 0 Å². The maximum Gasteiger partial charge on any atom is 0.305 e. The Labute approximate surface area is 187 Å². The van der Waals surface area contributed by atoms with Crippen molar-refractivity contribution in [3.63, 3.8) is 0 Å². The van der Waals surface area contributed by atoms with Crippen LogP contribution in [-0.4, -0.2) is 58.9 Å². The van der Waals surface area contributed by atoms with Crippen molar-refractivity contribution in [1.82, 2.24) is 0 Å². The predicted molar refractivity (Wildman–Crippen MR) is 123 cm³/mol. The van der Waals surface area contributed by atoms with E-state index in [0.29, 0.717) is 5.92 Å². The molecule has 4 unspecified atom stereocenters. The van der Waals surface area contributed by atoms with Crippen LogP contribution >= 0.6 is 0 Å². The third-order valence-electron chi connectivity index (χ3n) is 6.18. The van der Waals surface area contributed by atoms with Crippen LogP contribution in [0.4, 0.5) is 0 Å². The molecular weight excluding hydrogens is 396 g/mol. The van der Waals surface area contributed by atoms with Gasteiger partial charge in [0.2, 0.25) is 0 Å². The maximum absolute atomic E-state index is 11.0. The van der Waals surface area contributed by atoms with Crippen molar-refractivity contribution in [2.24, 2.45) is 17.8 Å². The quantitative estimate of drug-likeness (QED) is 0.332. The Morgan fingerprint density at radius 1 is 1.19 bits per heavy atom. The van der Waals surface area contributed by atoms with Crippen molar-refractivity contribution in [3.05, 3.63) is 35.5 Å². The van der Waals surface area contributed by atoms with Gasteiger partial charge < -0.3 is 24.8 Å². The van der Waals surface area contributed by atoms with E-state index in [1.54, 1.807) is 14.0 Å². The molecular formula is C25H42O6. The van der Waals surface area contributed by atoms with E-state index in [-0.39, 0.29) is 30.5 Å². The molecule has 178 valence electrons. The van der Waals surface area contributed by atoms with E-state index in [1.165, 1.54) is 0 Å². The Balaban J connectivity index is 2.74. The number of hydrogen-bond donors (Lipinski definition) is 3. The first kappa shape index (κ1) is 27.6. The van der Waals surface area contributed by atoms with E-state index >= 15 is 0 Å². The Hall–Kier alpha value is -1.47. The van der Waals surface area contributed by atoms with Gasteiger partial charge >= 0.3 is 5.97 Å². The molecule has 1 fully saturated rings. The van der Waals surface area contributed by atoms with Gasteiger partial charge in [-0.05, 0) is 56.6 Å². The van der Waals surface area contributed by atoms with Crippen LogP contribution in [0.3, 0.4) is 0 Å². The highest BCUT2D eigenvalue weighted by molar-refractivity contribution is 5.67. The number of rotatable bonds is 11. The van der Waals surface area contributed by atoms with E-state index in [0.717, 1.165) is 24.0 Å². The van der Waals surface area contributed by atoms with Gasteiger partial charge in [-0.3, -0.25) is 4.79 Å². The number of aliphatic hydroxyl groups excluding tert-OH is 2. The van der Waals surface area contributed by atoms with E-state index in [1.807, 2.05) is 45.9 Å². The number of hydrogen-bond acceptors (Lipinski definition) is 5. The van der Waals surface area contributed by atoms with Gasteiger partial charge in [-0.25, -0.2) is 0 Å². The molecule has 0 aromatic rings. The first-order chi connectivity index (χ1) is 14.5. The second-order valence-electron chi connectivity index (χ2n) is 9.14. The predicted octanol–water partition coefficient (Wildman–Crippen LogP) is 4.12. The van der Waals surface area contributed by atoms with Crippen molar-refractivity contribution >= 4 is 5.97 Å². The fraction of sp³-hybridized carbons (Fsp3) is 0.720. The van der Waals surface area contributed by atoms with Gasteiger partial charge in [0, 0.05) is 13.0 Å². The van der Waals surface area contributed by atoms with Gasteiger partial charge in [-0.1, -0.05) is 45.1 Å². The second-order valence-corrected chi connectivity index (χ2v) is 9.14. The maximum atomic E-state index is 11.0. The lowest BCUT2D eigenvalue weighted by atomic mass is 9.88. The van der Waals surface area contributed by atoms with E-state index in [4.69, 9.17) is 14.6 Å². The van der Waals surface area contributed by atoms with Crippen molar-refractivity contribution in [1.29, 1.82) is 0 Å². The topological polar surface area (TPSA) is 96.2 Å². The Bertz CT molecular complexity index is 650. The summed E-state index contributed by atoms with van der Waals surface area (Å²) in [4.78, 5) is 11.0. The molecule has 6 nitrogen and oxygen atoms in total. The van der Waals surface area contributed by atoms with Crippen molar-refractivity contribution in [3.8, 4) is 0 Å². The van der Waals surface area contributed by atoms with Gasteiger partial charge in [0.15, 0.2) is 0 Å². The highest BCUT2D eigenvalue weighted by Gasteiger charge is 2.30. The lowest BCUT2D eigenvalue weighted by Gasteiger charge is -2.35. The van der Waals surface area contributed by atoms with Crippen LogP contribution in [0, 0.1) is 17.8 Å². The van der Waals surface area contributed by atoms with Crippen LogP contribution in [0.15, 0.2) is 35.5 Å². The number of ether oxygens (including phenoxy) is 2. The summed E-state index contributed by atoms with van der Waals surface area (Å²) in [6.45, 7) is 11.6. The normalized spacial score (nSPS) is 28.2. The molecule has 0 amide bonds. The lowest BCUT2D eigenvalue weighted by Crippen LogP contribution is -2.38.